The number of nitrogens with one attached hydrogen (secondary N) is 1. The maximum Gasteiger partial charge on any atom is 0.174 e. The molecular formula is C26H30N4OS. The van der Waals surface area contributed by atoms with Gasteiger partial charge in [0.1, 0.15) is 6.04 Å². The van der Waals surface area contributed by atoms with Crippen LogP contribution in [0.15, 0.2) is 67.0 Å². The number of nitrogens with zero attached hydrogens (tertiary/aromatic N) is 3. The summed E-state index contributed by atoms with van der Waals surface area (Å²) in [5.74, 6) is 0.494. The Hall–Kier alpha value is -2.70. The molecule has 0 aliphatic carbocycles. The van der Waals surface area contributed by atoms with Crippen LogP contribution < -0.4 is 10.2 Å². The minimum atomic E-state index is -0.0355. The molecule has 2 aromatic heterocycles. The van der Waals surface area contributed by atoms with E-state index in [4.69, 9.17) is 17.0 Å². The molecule has 32 heavy (non-hydrogen) atoms. The zero-order valence-electron chi connectivity index (χ0n) is 18.6. The number of ether oxygens (including phenoxy) is 1. The van der Waals surface area contributed by atoms with Gasteiger partial charge in [0.15, 0.2) is 5.11 Å². The van der Waals surface area contributed by atoms with Gasteiger partial charge in [-0.3, -0.25) is 4.98 Å². The molecule has 0 bridgehead atoms. The molecule has 3 atom stereocenters. The summed E-state index contributed by atoms with van der Waals surface area (Å²) < 4.78 is 8.27. The minimum Gasteiger partial charge on any atom is -0.376 e. The highest BCUT2D eigenvalue weighted by molar-refractivity contribution is 7.80. The third-order valence-electron chi connectivity index (χ3n) is 6.53. The van der Waals surface area contributed by atoms with Gasteiger partial charge >= 0.3 is 0 Å². The highest BCUT2D eigenvalue weighted by Crippen LogP contribution is 2.42. The predicted octanol–water partition coefficient (Wildman–Crippen LogP) is 5.36. The third-order valence-corrected chi connectivity index (χ3v) is 6.84. The summed E-state index contributed by atoms with van der Waals surface area (Å²) in [5, 5.41) is 4.30. The van der Waals surface area contributed by atoms with E-state index in [9.17, 15) is 0 Å². The summed E-state index contributed by atoms with van der Waals surface area (Å²) in [5.41, 5.74) is 4.63. The fourth-order valence-electron chi connectivity index (χ4n) is 4.82. The van der Waals surface area contributed by atoms with Crippen molar-refractivity contribution in [2.45, 2.75) is 57.3 Å². The second kappa shape index (κ2) is 9.04. The Morgan fingerprint density at radius 1 is 1.12 bits per heavy atom. The van der Waals surface area contributed by atoms with E-state index in [-0.39, 0.29) is 18.2 Å². The molecule has 3 aromatic rings. The van der Waals surface area contributed by atoms with Crippen LogP contribution in [0, 0.1) is 0 Å². The molecule has 2 fully saturated rings. The van der Waals surface area contributed by atoms with Gasteiger partial charge in [-0.2, -0.15) is 0 Å². The number of hydrogen-bond donors (Lipinski definition) is 1. The first-order valence-electron chi connectivity index (χ1n) is 11.5. The molecular weight excluding hydrogens is 416 g/mol. The van der Waals surface area contributed by atoms with E-state index in [2.05, 4.69) is 82.3 Å². The topological polar surface area (TPSA) is 42.3 Å². The minimum absolute atomic E-state index is 0.00120. The first-order valence-corrected chi connectivity index (χ1v) is 11.9. The number of pyridine rings is 1. The van der Waals surface area contributed by atoms with Crippen LogP contribution in [0.5, 0.6) is 0 Å². The highest BCUT2D eigenvalue weighted by Gasteiger charge is 2.42. The smallest absolute Gasteiger partial charge is 0.174 e. The van der Waals surface area contributed by atoms with E-state index in [0.29, 0.717) is 5.92 Å². The molecule has 4 heterocycles. The van der Waals surface area contributed by atoms with E-state index < -0.39 is 0 Å². The molecule has 2 aliphatic heterocycles. The second-order valence-electron chi connectivity index (χ2n) is 8.96. The van der Waals surface area contributed by atoms with Gasteiger partial charge in [0.2, 0.25) is 0 Å². The summed E-state index contributed by atoms with van der Waals surface area (Å²) in [4.78, 5) is 6.92. The summed E-state index contributed by atoms with van der Waals surface area (Å²) in [6.45, 7) is 6.16. The Balaban J connectivity index is 1.55. The van der Waals surface area contributed by atoms with E-state index in [1.54, 1.807) is 0 Å². The normalized spacial score (nSPS) is 23.2. The van der Waals surface area contributed by atoms with E-state index in [1.807, 2.05) is 18.3 Å². The average Bonchev–Trinajstić information content (AvgIpc) is 3.55. The van der Waals surface area contributed by atoms with Crippen LogP contribution in [0.1, 0.15) is 61.6 Å². The summed E-state index contributed by atoms with van der Waals surface area (Å²) >= 11 is 5.87. The van der Waals surface area contributed by atoms with Crippen molar-refractivity contribution in [2.75, 3.05) is 11.5 Å². The van der Waals surface area contributed by atoms with Gasteiger partial charge in [0.25, 0.3) is 0 Å². The lowest BCUT2D eigenvalue weighted by Crippen LogP contribution is -2.31. The molecule has 5 nitrogen and oxygen atoms in total. The van der Waals surface area contributed by atoms with Crippen LogP contribution in [-0.2, 0) is 11.3 Å². The molecule has 0 saturated carbocycles. The van der Waals surface area contributed by atoms with Gasteiger partial charge in [-0.05, 0) is 72.9 Å². The zero-order chi connectivity index (χ0) is 22.1. The van der Waals surface area contributed by atoms with Crippen LogP contribution in [0.4, 0.5) is 5.69 Å². The molecule has 0 unspecified atom stereocenters. The molecule has 2 aliphatic rings. The van der Waals surface area contributed by atoms with Crippen LogP contribution in [-0.4, -0.2) is 27.4 Å². The lowest BCUT2D eigenvalue weighted by atomic mass is 9.99. The zero-order valence-corrected chi connectivity index (χ0v) is 19.5. The van der Waals surface area contributed by atoms with E-state index in [1.165, 1.54) is 11.3 Å². The molecule has 6 heteroatoms. The Labute approximate surface area is 195 Å². The van der Waals surface area contributed by atoms with Crippen LogP contribution in [0.3, 0.4) is 0 Å². The summed E-state index contributed by atoms with van der Waals surface area (Å²) in [7, 11) is 0. The molecule has 2 saturated heterocycles. The van der Waals surface area contributed by atoms with Gasteiger partial charge in [-0.1, -0.05) is 32.0 Å². The number of aromatic nitrogens is 2. The fourth-order valence-corrected chi connectivity index (χ4v) is 5.17. The van der Waals surface area contributed by atoms with Crippen LogP contribution in [0.25, 0.3) is 0 Å². The highest BCUT2D eigenvalue weighted by atomic mass is 32.1. The first kappa shape index (κ1) is 21.2. The van der Waals surface area contributed by atoms with Crippen LogP contribution in [0.2, 0.25) is 0 Å². The average molecular weight is 447 g/mol. The second-order valence-corrected chi connectivity index (χ2v) is 9.35. The van der Waals surface area contributed by atoms with Crippen molar-refractivity contribution >= 4 is 23.0 Å². The van der Waals surface area contributed by atoms with Crippen molar-refractivity contribution in [3.8, 4) is 0 Å². The maximum atomic E-state index is 5.94. The number of rotatable bonds is 6. The predicted molar refractivity (Wildman–Crippen MR) is 132 cm³/mol. The molecule has 0 spiro atoms. The Bertz CT molecular complexity index is 1060. The van der Waals surface area contributed by atoms with Gasteiger partial charge in [-0.15, -0.1) is 0 Å². The van der Waals surface area contributed by atoms with Crippen molar-refractivity contribution in [2.24, 2.45) is 0 Å². The molecule has 166 valence electrons. The molecule has 5 rings (SSSR count). The van der Waals surface area contributed by atoms with E-state index in [0.717, 1.165) is 42.5 Å². The number of benzene rings is 1. The van der Waals surface area contributed by atoms with Gasteiger partial charge in [-0.25, -0.2) is 0 Å². The Morgan fingerprint density at radius 3 is 2.66 bits per heavy atom. The lowest BCUT2D eigenvalue weighted by molar-refractivity contribution is 0.0961. The van der Waals surface area contributed by atoms with Crippen molar-refractivity contribution in [1.29, 1.82) is 0 Å². The standard InChI is InChI=1S/C26H30N4OS/c1-18(2)19-10-12-20(13-11-19)30-25(24(28-26(30)32)22-8-3-4-14-27-22)23-9-5-15-29(23)17-21-7-6-16-31-21/h3-5,8-15,18,21,24-25H,6-7,16-17H2,1-2H3,(H,28,32)/t21-,24+,25+/m0/s1. The molecule has 1 N–H and O–H groups in total. The van der Waals surface area contributed by atoms with Gasteiger partial charge in [0.05, 0.1) is 17.8 Å². The SMILES string of the molecule is CC(C)c1ccc(N2C(=S)N[C@H](c3ccccn3)[C@H]2c2cccn2C[C@@H]2CCCO2)cc1. The number of thiocarbonyl (C=S) groups is 1. The Kier molecular flexibility index (Phi) is 5.98. The number of hydrogen-bond acceptors (Lipinski definition) is 3. The van der Waals surface area contributed by atoms with Crippen LogP contribution >= 0.6 is 12.2 Å². The van der Waals surface area contributed by atoms with Crippen molar-refractivity contribution in [1.82, 2.24) is 14.9 Å². The van der Waals surface area contributed by atoms with Gasteiger partial charge < -0.3 is 19.5 Å². The largest absolute Gasteiger partial charge is 0.376 e. The monoisotopic (exact) mass is 446 g/mol. The molecule has 0 amide bonds. The van der Waals surface area contributed by atoms with Crippen molar-refractivity contribution < 1.29 is 4.74 Å². The Morgan fingerprint density at radius 2 is 1.97 bits per heavy atom. The van der Waals surface area contributed by atoms with Crippen molar-refractivity contribution in [3.63, 3.8) is 0 Å². The summed E-state index contributed by atoms with van der Waals surface area (Å²) in [6, 6.07) is 19.1. The van der Waals surface area contributed by atoms with Crippen molar-refractivity contribution in [3.05, 3.63) is 83.9 Å². The maximum absolute atomic E-state index is 5.94. The lowest BCUT2D eigenvalue weighted by Gasteiger charge is -2.29. The van der Waals surface area contributed by atoms with Gasteiger partial charge in [0, 0.05) is 36.9 Å². The quantitative estimate of drug-likeness (QED) is 0.516. The molecule has 1 aromatic carbocycles. The fraction of sp³-hybridized carbons (Fsp3) is 0.385. The first-order chi connectivity index (χ1) is 15.6. The van der Waals surface area contributed by atoms with E-state index >= 15 is 0 Å². The third kappa shape index (κ3) is 4.05. The summed E-state index contributed by atoms with van der Waals surface area (Å²) in [6.07, 6.45) is 6.54. The molecule has 0 radical (unpaired) electrons. The number of anilines is 1.